The molecule has 1 saturated carbocycles. The third-order valence-corrected chi connectivity index (χ3v) is 3.62. The van der Waals surface area contributed by atoms with Gasteiger partial charge in [-0.15, -0.1) is 0 Å². The van der Waals surface area contributed by atoms with Crippen molar-refractivity contribution < 1.29 is 4.79 Å². The number of para-hydroxylation sites is 1. The first-order valence-electron chi connectivity index (χ1n) is 6.20. The second-order valence-corrected chi connectivity index (χ2v) is 4.86. The zero-order valence-electron chi connectivity index (χ0n) is 10.5. The Labute approximate surface area is 103 Å². The van der Waals surface area contributed by atoms with Gasteiger partial charge < -0.3 is 10.6 Å². The van der Waals surface area contributed by atoms with Crippen LogP contribution in [0, 0.1) is 11.8 Å². The van der Waals surface area contributed by atoms with Crippen molar-refractivity contribution in [3.63, 3.8) is 0 Å². The Morgan fingerprint density at radius 1 is 1.47 bits per heavy atom. The molecule has 1 aliphatic carbocycles. The summed E-state index contributed by atoms with van der Waals surface area (Å²) in [6, 6.07) is 7.83. The van der Waals surface area contributed by atoms with Crippen LogP contribution < -0.4 is 10.6 Å². The second kappa shape index (κ2) is 4.88. The third kappa shape index (κ3) is 2.50. The average Bonchev–Trinajstić information content (AvgIpc) is 3.20. The molecule has 92 valence electrons. The van der Waals surface area contributed by atoms with E-state index in [1.54, 1.807) is 4.90 Å². The Morgan fingerprint density at radius 3 is 2.71 bits per heavy atom. The number of rotatable bonds is 4. The number of hydrogen-bond acceptors (Lipinski definition) is 2. The summed E-state index contributed by atoms with van der Waals surface area (Å²) in [7, 11) is 1.84. The molecule has 0 radical (unpaired) electrons. The van der Waals surface area contributed by atoms with Crippen LogP contribution in [-0.2, 0) is 11.3 Å². The van der Waals surface area contributed by atoms with Gasteiger partial charge in [-0.1, -0.05) is 25.1 Å². The van der Waals surface area contributed by atoms with E-state index < -0.39 is 0 Å². The van der Waals surface area contributed by atoms with Crippen LogP contribution in [0.2, 0.25) is 0 Å². The van der Waals surface area contributed by atoms with Gasteiger partial charge in [0.15, 0.2) is 0 Å². The van der Waals surface area contributed by atoms with Crippen LogP contribution in [-0.4, -0.2) is 13.0 Å². The maximum Gasteiger partial charge on any atom is 0.229 e. The van der Waals surface area contributed by atoms with Crippen molar-refractivity contribution in [2.45, 2.75) is 26.3 Å². The standard InChI is InChI=1S/C14H20N2O/c1-10(11-7-8-11)14(17)16(2)13-6-4-3-5-12(13)9-15/h3-6,10-11H,7-9,15H2,1-2H3. The van der Waals surface area contributed by atoms with Crippen molar-refractivity contribution in [2.75, 3.05) is 11.9 Å². The molecule has 1 aromatic rings. The molecule has 2 N–H and O–H groups in total. The average molecular weight is 232 g/mol. The molecule has 1 fully saturated rings. The van der Waals surface area contributed by atoms with E-state index in [1.165, 1.54) is 12.8 Å². The predicted molar refractivity (Wildman–Crippen MR) is 69.6 cm³/mol. The van der Waals surface area contributed by atoms with E-state index in [9.17, 15) is 4.79 Å². The van der Waals surface area contributed by atoms with Gasteiger partial charge >= 0.3 is 0 Å². The number of amides is 1. The molecule has 0 aromatic heterocycles. The molecule has 0 bridgehead atoms. The van der Waals surface area contributed by atoms with Crippen LogP contribution in [0.1, 0.15) is 25.3 Å². The summed E-state index contributed by atoms with van der Waals surface area (Å²) in [4.78, 5) is 14.0. The molecule has 1 aliphatic rings. The monoisotopic (exact) mass is 232 g/mol. The summed E-state index contributed by atoms with van der Waals surface area (Å²) < 4.78 is 0. The number of nitrogens with two attached hydrogens (primary N) is 1. The smallest absolute Gasteiger partial charge is 0.229 e. The fourth-order valence-corrected chi connectivity index (χ4v) is 2.23. The lowest BCUT2D eigenvalue weighted by Crippen LogP contribution is -2.33. The Kier molecular flexibility index (Phi) is 3.48. The van der Waals surface area contributed by atoms with Gasteiger partial charge in [0.1, 0.15) is 0 Å². The van der Waals surface area contributed by atoms with Crippen LogP contribution in [0.4, 0.5) is 5.69 Å². The molecule has 1 unspecified atom stereocenters. The highest BCUT2D eigenvalue weighted by Crippen LogP contribution is 2.38. The van der Waals surface area contributed by atoms with Crippen molar-refractivity contribution in [3.8, 4) is 0 Å². The minimum Gasteiger partial charge on any atom is -0.326 e. The van der Waals surface area contributed by atoms with E-state index in [0.717, 1.165) is 11.3 Å². The normalized spacial score (nSPS) is 16.6. The molecular formula is C14H20N2O. The molecular weight excluding hydrogens is 212 g/mol. The predicted octanol–water partition coefficient (Wildman–Crippen LogP) is 2.15. The molecule has 0 spiro atoms. The summed E-state index contributed by atoms with van der Waals surface area (Å²) in [5.41, 5.74) is 7.66. The molecule has 3 nitrogen and oxygen atoms in total. The first-order chi connectivity index (χ1) is 8.15. The van der Waals surface area contributed by atoms with Crippen molar-refractivity contribution >= 4 is 11.6 Å². The number of benzene rings is 1. The van der Waals surface area contributed by atoms with Gasteiger partial charge in [-0.05, 0) is 30.4 Å². The summed E-state index contributed by atoms with van der Waals surface area (Å²) in [5, 5.41) is 0. The highest BCUT2D eigenvalue weighted by molar-refractivity contribution is 5.95. The van der Waals surface area contributed by atoms with Crippen LogP contribution in [0.5, 0.6) is 0 Å². The molecule has 1 amide bonds. The van der Waals surface area contributed by atoms with Crippen molar-refractivity contribution in [1.82, 2.24) is 0 Å². The number of carbonyl (C=O) groups excluding carboxylic acids is 1. The van der Waals surface area contributed by atoms with Crippen molar-refractivity contribution in [3.05, 3.63) is 29.8 Å². The molecule has 1 atom stereocenters. The van der Waals surface area contributed by atoms with E-state index >= 15 is 0 Å². The lowest BCUT2D eigenvalue weighted by Gasteiger charge is -2.23. The van der Waals surface area contributed by atoms with E-state index in [4.69, 9.17) is 5.73 Å². The minimum absolute atomic E-state index is 0.130. The molecule has 17 heavy (non-hydrogen) atoms. The van der Waals surface area contributed by atoms with Gasteiger partial charge in [0.25, 0.3) is 0 Å². The lowest BCUT2D eigenvalue weighted by molar-refractivity contribution is -0.122. The molecule has 0 aliphatic heterocycles. The molecule has 0 saturated heterocycles. The zero-order chi connectivity index (χ0) is 12.4. The quantitative estimate of drug-likeness (QED) is 0.864. The topological polar surface area (TPSA) is 46.3 Å². The summed E-state index contributed by atoms with van der Waals surface area (Å²) >= 11 is 0. The maximum absolute atomic E-state index is 12.3. The Bertz CT molecular complexity index is 412. The van der Waals surface area contributed by atoms with Gasteiger partial charge in [-0.2, -0.15) is 0 Å². The fraction of sp³-hybridized carbons (Fsp3) is 0.500. The van der Waals surface area contributed by atoms with Gasteiger partial charge in [0, 0.05) is 25.2 Å². The zero-order valence-corrected chi connectivity index (χ0v) is 10.5. The van der Waals surface area contributed by atoms with Crippen LogP contribution in [0.3, 0.4) is 0 Å². The number of hydrogen-bond donors (Lipinski definition) is 1. The number of nitrogens with zero attached hydrogens (tertiary/aromatic N) is 1. The Hall–Kier alpha value is -1.35. The first kappa shape index (κ1) is 12.1. The van der Waals surface area contributed by atoms with Crippen LogP contribution in [0.25, 0.3) is 0 Å². The fourth-order valence-electron chi connectivity index (χ4n) is 2.23. The lowest BCUT2D eigenvalue weighted by atomic mass is 10.0. The number of carbonyl (C=O) groups is 1. The first-order valence-corrected chi connectivity index (χ1v) is 6.20. The van der Waals surface area contributed by atoms with E-state index in [-0.39, 0.29) is 11.8 Å². The van der Waals surface area contributed by atoms with Gasteiger partial charge in [0.2, 0.25) is 5.91 Å². The third-order valence-electron chi connectivity index (χ3n) is 3.62. The summed E-state index contributed by atoms with van der Waals surface area (Å²) in [6.45, 7) is 2.49. The SMILES string of the molecule is CC(C(=O)N(C)c1ccccc1CN)C1CC1. The molecule has 0 heterocycles. The number of anilines is 1. The van der Waals surface area contributed by atoms with Crippen LogP contribution in [0.15, 0.2) is 24.3 Å². The van der Waals surface area contributed by atoms with Crippen molar-refractivity contribution in [1.29, 1.82) is 0 Å². The van der Waals surface area contributed by atoms with E-state index in [1.807, 2.05) is 38.2 Å². The summed E-state index contributed by atoms with van der Waals surface area (Å²) in [6.07, 6.45) is 2.39. The minimum atomic E-state index is 0.130. The van der Waals surface area contributed by atoms with E-state index in [2.05, 4.69) is 0 Å². The molecule has 1 aromatic carbocycles. The summed E-state index contributed by atoms with van der Waals surface area (Å²) in [5.74, 6) is 0.925. The largest absolute Gasteiger partial charge is 0.326 e. The van der Waals surface area contributed by atoms with Gasteiger partial charge in [0.05, 0.1) is 0 Å². The highest BCUT2D eigenvalue weighted by Gasteiger charge is 2.34. The molecule has 3 heteroatoms. The van der Waals surface area contributed by atoms with Gasteiger partial charge in [-0.3, -0.25) is 4.79 Å². The van der Waals surface area contributed by atoms with Gasteiger partial charge in [-0.25, -0.2) is 0 Å². The van der Waals surface area contributed by atoms with Crippen LogP contribution >= 0.6 is 0 Å². The molecule has 2 rings (SSSR count). The maximum atomic E-state index is 12.3. The van der Waals surface area contributed by atoms with E-state index in [0.29, 0.717) is 12.5 Å². The Morgan fingerprint density at radius 2 is 2.12 bits per heavy atom. The second-order valence-electron chi connectivity index (χ2n) is 4.86. The Balaban J connectivity index is 2.17. The van der Waals surface area contributed by atoms with Crippen molar-refractivity contribution in [2.24, 2.45) is 17.6 Å². The highest BCUT2D eigenvalue weighted by atomic mass is 16.2.